The summed E-state index contributed by atoms with van der Waals surface area (Å²) in [5, 5.41) is 2.10. The molecule has 0 aliphatic carbocycles. The fraction of sp³-hybridized carbons (Fsp3) is 0.154. The molecule has 0 saturated carbocycles. The lowest BCUT2D eigenvalue weighted by atomic mass is 10.1. The third-order valence-corrected chi connectivity index (χ3v) is 6.01. The number of esters is 1. The summed E-state index contributed by atoms with van der Waals surface area (Å²) in [5.41, 5.74) is -0.926. The first-order chi connectivity index (χ1) is 17.5. The van der Waals surface area contributed by atoms with Crippen molar-refractivity contribution in [2.24, 2.45) is 0 Å². The highest BCUT2D eigenvalue weighted by atomic mass is 35.5. The highest BCUT2D eigenvalue weighted by molar-refractivity contribution is 6.33. The summed E-state index contributed by atoms with van der Waals surface area (Å²) in [6, 6.07) is 14.8. The zero-order chi connectivity index (χ0) is 26.9. The number of alkyl halides is 3. The zero-order valence-corrected chi connectivity index (χ0v) is 19.8. The SMILES string of the molecule is C[C@H](C(=O)O[C@@H](C(=O)Nc1cc(C(F)(F)F)ccc1Cl)c1ccccc1)N1C(=O)c2ccccc2C1=O. The average molecular weight is 531 g/mol. The van der Waals surface area contributed by atoms with E-state index in [-0.39, 0.29) is 27.4 Å². The maximum atomic E-state index is 13.1. The van der Waals surface area contributed by atoms with Gasteiger partial charge in [-0.25, -0.2) is 4.79 Å². The molecule has 1 heterocycles. The maximum absolute atomic E-state index is 13.1. The molecule has 0 fully saturated rings. The molecule has 7 nitrogen and oxygen atoms in total. The fourth-order valence-corrected chi connectivity index (χ4v) is 3.94. The van der Waals surface area contributed by atoms with Gasteiger partial charge in [0.15, 0.2) is 0 Å². The second-order valence-corrected chi connectivity index (χ2v) is 8.52. The lowest BCUT2D eigenvalue weighted by molar-refractivity contribution is -0.158. The molecule has 4 rings (SSSR count). The number of amides is 3. The van der Waals surface area contributed by atoms with Crippen LogP contribution in [0.15, 0.2) is 72.8 Å². The fourth-order valence-electron chi connectivity index (χ4n) is 3.78. The van der Waals surface area contributed by atoms with Crippen molar-refractivity contribution in [3.63, 3.8) is 0 Å². The van der Waals surface area contributed by atoms with Crippen LogP contribution in [-0.4, -0.2) is 34.6 Å². The van der Waals surface area contributed by atoms with Gasteiger partial charge in [-0.3, -0.25) is 19.3 Å². The Bertz CT molecular complexity index is 1360. The van der Waals surface area contributed by atoms with Crippen molar-refractivity contribution >= 4 is 41.0 Å². The molecule has 3 aromatic rings. The van der Waals surface area contributed by atoms with Gasteiger partial charge < -0.3 is 10.1 Å². The summed E-state index contributed by atoms with van der Waals surface area (Å²) in [4.78, 5) is 52.4. The van der Waals surface area contributed by atoms with Crippen molar-refractivity contribution in [1.82, 2.24) is 4.90 Å². The lowest BCUT2D eigenvalue weighted by Gasteiger charge is -2.24. The van der Waals surface area contributed by atoms with Crippen molar-refractivity contribution in [2.75, 3.05) is 5.32 Å². The van der Waals surface area contributed by atoms with Gasteiger partial charge in [-0.05, 0) is 37.3 Å². The van der Waals surface area contributed by atoms with E-state index in [9.17, 15) is 32.3 Å². The predicted octanol–water partition coefficient (Wildman–Crippen LogP) is 5.27. The molecule has 190 valence electrons. The molecular formula is C26H18ClF3N2O5. The van der Waals surface area contributed by atoms with E-state index in [0.29, 0.717) is 6.07 Å². The summed E-state index contributed by atoms with van der Waals surface area (Å²) in [6.07, 6.45) is -6.31. The molecule has 0 bridgehead atoms. The number of hydrogen-bond donors (Lipinski definition) is 1. The van der Waals surface area contributed by atoms with Gasteiger partial charge in [-0.2, -0.15) is 13.2 Å². The molecule has 0 radical (unpaired) electrons. The number of anilines is 1. The molecule has 1 aliphatic rings. The van der Waals surface area contributed by atoms with Crippen molar-refractivity contribution in [1.29, 1.82) is 0 Å². The Labute approximate surface area is 213 Å². The number of hydrogen-bond acceptors (Lipinski definition) is 5. The molecule has 0 unspecified atom stereocenters. The highest BCUT2D eigenvalue weighted by Crippen LogP contribution is 2.34. The molecule has 1 aliphatic heterocycles. The predicted molar refractivity (Wildman–Crippen MR) is 127 cm³/mol. The lowest BCUT2D eigenvalue weighted by Crippen LogP contribution is -2.44. The first-order valence-electron chi connectivity index (χ1n) is 10.9. The Kier molecular flexibility index (Phi) is 7.04. The van der Waals surface area contributed by atoms with Gasteiger partial charge in [-0.1, -0.05) is 54.1 Å². The number of benzene rings is 3. The van der Waals surface area contributed by atoms with Crippen molar-refractivity contribution in [3.05, 3.63) is 100 Å². The summed E-state index contributed by atoms with van der Waals surface area (Å²) in [7, 11) is 0. The van der Waals surface area contributed by atoms with Crippen LogP contribution < -0.4 is 5.32 Å². The van der Waals surface area contributed by atoms with Gasteiger partial charge in [0, 0.05) is 5.56 Å². The van der Waals surface area contributed by atoms with E-state index >= 15 is 0 Å². The van der Waals surface area contributed by atoms with Crippen LogP contribution in [-0.2, 0) is 20.5 Å². The number of carbonyl (C=O) groups excluding carboxylic acids is 4. The number of nitrogens with zero attached hydrogens (tertiary/aromatic N) is 1. The van der Waals surface area contributed by atoms with Crippen LogP contribution in [0.1, 0.15) is 44.9 Å². The molecule has 2 atom stereocenters. The molecule has 0 aromatic heterocycles. The number of halogens is 4. The van der Waals surface area contributed by atoms with Crippen LogP contribution in [0.3, 0.4) is 0 Å². The molecule has 0 spiro atoms. The van der Waals surface area contributed by atoms with E-state index in [4.69, 9.17) is 16.3 Å². The monoisotopic (exact) mass is 530 g/mol. The minimum Gasteiger partial charge on any atom is -0.446 e. The van der Waals surface area contributed by atoms with Crippen LogP contribution in [0.5, 0.6) is 0 Å². The molecule has 3 aromatic carbocycles. The summed E-state index contributed by atoms with van der Waals surface area (Å²) in [5.74, 6) is -3.45. The first kappa shape index (κ1) is 25.9. The second-order valence-electron chi connectivity index (χ2n) is 8.11. The minimum atomic E-state index is -4.68. The Hall–Kier alpha value is -4.18. The topological polar surface area (TPSA) is 92.8 Å². The van der Waals surface area contributed by atoms with E-state index < -0.39 is 47.6 Å². The van der Waals surface area contributed by atoms with Crippen LogP contribution >= 0.6 is 11.6 Å². The number of imide groups is 1. The summed E-state index contributed by atoms with van der Waals surface area (Å²) >= 11 is 5.99. The van der Waals surface area contributed by atoms with Crippen LogP contribution in [0.4, 0.5) is 18.9 Å². The first-order valence-corrected chi connectivity index (χ1v) is 11.3. The second kappa shape index (κ2) is 10.1. The smallest absolute Gasteiger partial charge is 0.416 e. The Morgan fingerprint density at radius 3 is 2.05 bits per heavy atom. The molecule has 1 N–H and O–H groups in total. The number of rotatable bonds is 6. The third-order valence-electron chi connectivity index (χ3n) is 5.68. The Morgan fingerprint density at radius 1 is 0.919 bits per heavy atom. The maximum Gasteiger partial charge on any atom is 0.416 e. The number of fused-ring (bicyclic) bond motifs is 1. The number of ether oxygens (including phenoxy) is 1. The van der Waals surface area contributed by atoms with Gasteiger partial charge >= 0.3 is 12.1 Å². The van der Waals surface area contributed by atoms with E-state index in [1.807, 2.05) is 0 Å². The van der Waals surface area contributed by atoms with Gasteiger partial charge in [-0.15, -0.1) is 0 Å². The summed E-state index contributed by atoms with van der Waals surface area (Å²) in [6.45, 7) is 1.27. The quantitative estimate of drug-likeness (QED) is 0.346. The standard InChI is InChI=1S/C26H18ClF3N2O5/c1-14(32-23(34)17-9-5-6-10-18(17)24(32)35)25(36)37-21(15-7-3-2-4-8-15)22(33)31-20-13-16(26(28,29)30)11-12-19(20)27/h2-14,21H,1H3,(H,31,33)/t14-,21-/m1/s1. The van der Waals surface area contributed by atoms with Crippen molar-refractivity contribution < 1.29 is 37.1 Å². The molecular weight excluding hydrogens is 513 g/mol. The van der Waals surface area contributed by atoms with Crippen molar-refractivity contribution in [2.45, 2.75) is 25.2 Å². The summed E-state index contributed by atoms with van der Waals surface area (Å²) < 4.78 is 44.9. The van der Waals surface area contributed by atoms with Crippen LogP contribution in [0.2, 0.25) is 5.02 Å². The van der Waals surface area contributed by atoms with Gasteiger partial charge in [0.25, 0.3) is 17.7 Å². The van der Waals surface area contributed by atoms with Gasteiger partial charge in [0.2, 0.25) is 6.10 Å². The highest BCUT2D eigenvalue weighted by Gasteiger charge is 2.42. The van der Waals surface area contributed by atoms with Crippen LogP contribution in [0.25, 0.3) is 0 Å². The molecule has 11 heteroatoms. The number of carbonyl (C=O) groups is 4. The van der Waals surface area contributed by atoms with Crippen LogP contribution in [0, 0.1) is 0 Å². The van der Waals surface area contributed by atoms with Gasteiger partial charge in [0.05, 0.1) is 27.4 Å². The Balaban J connectivity index is 1.59. The van der Waals surface area contributed by atoms with E-state index in [2.05, 4.69) is 5.32 Å². The molecule has 3 amide bonds. The van der Waals surface area contributed by atoms with E-state index in [0.717, 1.165) is 17.0 Å². The largest absolute Gasteiger partial charge is 0.446 e. The zero-order valence-electron chi connectivity index (χ0n) is 19.1. The van der Waals surface area contributed by atoms with Crippen molar-refractivity contribution in [3.8, 4) is 0 Å². The average Bonchev–Trinajstić information content (AvgIpc) is 3.12. The van der Waals surface area contributed by atoms with Gasteiger partial charge in [0.1, 0.15) is 6.04 Å². The van der Waals surface area contributed by atoms with E-state index in [1.165, 1.54) is 31.2 Å². The molecule has 37 heavy (non-hydrogen) atoms. The molecule has 0 saturated heterocycles. The minimum absolute atomic E-state index is 0.128. The third kappa shape index (κ3) is 5.19. The normalized spacial score (nSPS) is 14.7. The number of nitrogens with one attached hydrogen (secondary N) is 1. The van der Waals surface area contributed by atoms with E-state index in [1.54, 1.807) is 30.3 Å². The Morgan fingerprint density at radius 2 is 1.49 bits per heavy atom.